The Morgan fingerprint density at radius 3 is 2.53 bits per heavy atom. The smallest absolute Gasteiger partial charge is 0.518 e. The van der Waals surface area contributed by atoms with Crippen LogP contribution >= 0.6 is 0 Å². The van der Waals surface area contributed by atoms with Gasteiger partial charge >= 0.3 is 7.12 Å². The summed E-state index contributed by atoms with van der Waals surface area (Å²) in [7, 11) is -1.03. The maximum absolute atomic E-state index is 10.2. The van der Waals surface area contributed by atoms with Gasteiger partial charge in [0.1, 0.15) is 0 Å². The monoisotopic (exact) mass is 249 g/mol. The third kappa shape index (κ3) is 2.44. The Bertz CT molecular complexity index is 683. The zero-order valence-corrected chi connectivity index (χ0v) is 10.2. The molecule has 0 unspecified atom stereocenters. The summed E-state index contributed by atoms with van der Waals surface area (Å²) in [6.07, 6.45) is 1.63. The molecule has 0 aliphatic heterocycles. The summed E-state index contributed by atoms with van der Waals surface area (Å²) in [5.74, 6) is 0.405. The van der Waals surface area contributed by atoms with Crippen molar-refractivity contribution in [3.8, 4) is 5.88 Å². The van der Waals surface area contributed by atoms with Crippen molar-refractivity contribution in [1.82, 2.24) is 4.98 Å². The Morgan fingerprint density at radius 2 is 1.68 bits per heavy atom. The lowest BCUT2D eigenvalue weighted by Gasteiger charge is -2.11. The third-order valence-electron chi connectivity index (χ3n) is 2.96. The fourth-order valence-corrected chi connectivity index (χ4v) is 2.06. The molecule has 1 N–H and O–H groups in total. The van der Waals surface area contributed by atoms with Gasteiger partial charge in [0.05, 0.1) is 0 Å². The number of benzene rings is 2. The summed E-state index contributed by atoms with van der Waals surface area (Å²) < 4.78 is 5.45. The van der Waals surface area contributed by atoms with Crippen molar-refractivity contribution in [3.63, 3.8) is 0 Å². The van der Waals surface area contributed by atoms with Gasteiger partial charge in [-0.2, -0.15) is 0 Å². The topological polar surface area (TPSA) is 42.4 Å². The molecule has 3 aromatic rings. The predicted molar refractivity (Wildman–Crippen MR) is 76.4 cm³/mol. The van der Waals surface area contributed by atoms with E-state index in [1.54, 1.807) is 18.3 Å². The van der Waals surface area contributed by atoms with E-state index in [1.807, 2.05) is 48.5 Å². The molecule has 4 heteroatoms. The lowest BCUT2D eigenvalue weighted by Crippen LogP contribution is -2.37. The van der Waals surface area contributed by atoms with E-state index in [0.29, 0.717) is 5.88 Å². The van der Waals surface area contributed by atoms with Gasteiger partial charge in [0, 0.05) is 11.7 Å². The largest absolute Gasteiger partial charge is 0.561 e. The molecule has 0 saturated heterocycles. The highest BCUT2D eigenvalue weighted by molar-refractivity contribution is 6.63. The van der Waals surface area contributed by atoms with Crippen molar-refractivity contribution in [3.05, 3.63) is 66.9 Å². The average molecular weight is 249 g/mol. The summed E-state index contributed by atoms with van der Waals surface area (Å²) in [6, 6.07) is 19.0. The van der Waals surface area contributed by atoms with Crippen LogP contribution in [0.3, 0.4) is 0 Å². The minimum atomic E-state index is -1.03. The molecule has 19 heavy (non-hydrogen) atoms. The van der Waals surface area contributed by atoms with E-state index >= 15 is 0 Å². The molecule has 1 heterocycles. The molecule has 3 nitrogen and oxygen atoms in total. The van der Waals surface area contributed by atoms with Gasteiger partial charge in [0.2, 0.25) is 0 Å². The maximum atomic E-state index is 10.2. The number of rotatable bonds is 3. The van der Waals surface area contributed by atoms with E-state index in [9.17, 15) is 5.02 Å². The molecule has 92 valence electrons. The Hall–Kier alpha value is -2.33. The number of hydrogen-bond donors (Lipinski definition) is 1. The van der Waals surface area contributed by atoms with E-state index < -0.39 is 7.12 Å². The van der Waals surface area contributed by atoms with Crippen LogP contribution in [0, 0.1) is 0 Å². The molecule has 0 aliphatic rings. The highest BCUT2D eigenvalue weighted by Gasteiger charge is 2.21. The van der Waals surface area contributed by atoms with Crippen molar-refractivity contribution in [1.29, 1.82) is 0 Å². The summed E-state index contributed by atoms with van der Waals surface area (Å²) in [6.45, 7) is 0. The first-order chi connectivity index (χ1) is 9.34. The van der Waals surface area contributed by atoms with Gasteiger partial charge < -0.3 is 9.68 Å². The molecule has 0 radical (unpaired) electrons. The van der Waals surface area contributed by atoms with Crippen LogP contribution in [0.25, 0.3) is 10.8 Å². The van der Waals surface area contributed by atoms with Crippen molar-refractivity contribution in [2.75, 3.05) is 0 Å². The van der Waals surface area contributed by atoms with Crippen LogP contribution in [0.5, 0.6) is 5.88 Å². The third-order valence-corrected chi connectivity index (χ3v) is 2.96. The number of nitrogens with zero attached hydrogens (tertiary/aromatic N) is 1. The zero-order valence-electron chi connectivity index (χ0n) is 10.2. The first kappa shape index (κ1) is 11.7. The first-order valence-electron chi connectivity index (χ1n) is 6.08. The molecule has 0 aliphatic carbocycles. The van der Waals surface area contributed by atoms with E-state index in [-0.39, 0.29) is 0 Å². The number of aromatic nitrogens is 1. The minimum Gasteiger partial charge on any atom is -0.518 e. The fourth-order valence-electron chi connectivity index (χ4n) is 2.06. The summed E-state index contributed by atoms with van der Waals surface area (Å²) in [4.78, 5) is 4.04. The van der Waals surface area contributed by atoms with Crippen molar-refractivity contribution in [2.45, 2.75) is 0 Å². The van der Waals surface area contributed by atoms with Gasteiger partial charge in [-0.05, 0) is 22.9 Å². The molecule has 2 aromatic carbocycles. The Kier molecular flexibility index (Phi) is 3.17. The second-order valence-corrected chi connectivity index (χ2v) is 4.21. The second kappa shape index (κ2) is 5.12. The van der Waals surface area contributed by atoms with E-state index in [0.717, 1.165) is 16.2 Å². The average Bonchev–Trinajstić information content (AvgIpc) is 2.47. The van der Waals surface area contributed by atoms with E-state index in [4.69, 9.17) is 4.65 Å². The lowest BCUT2D eigenvalue weighted by atomic mass is 9.76. The zero-order chi connectivity index (χ0) is 13.1. The highest BCUT2D eigenvalue weighted by Crippen LogP contribution is 2.12. The van der Waals surface area contributed by atoms with Crippen LogP contribution < -0.4 is 10.1 Å². The molecule has 0 atom stereocenters. The van der Waals surface area contributed by atoms with E-state index in [2.05, 4.69) is 4.98 Å². The van der Waals surface area contributed by atoms with Gasteiger partial charge in [-0.1, -0.05) is 48.5 Å². The van der Waals surface area contributed by atoms with Crippen molar-refractivity contribution in [2.24, 2.45) is 0 Å². The summed E-state index contributed by atoms with van der Waals surface area (Å²) in [5, 5.41) is 12.3. The summed E-state index contributed by atoms with van der Waals surface area (Å²) >= 11 is 0. The molecule has 3 rings (SSSR count). The van der Waals surface area contributed by atoms with Crippen molar-refractivity contribution < 1.29 is 9.68 Å². The molecule has 0 spiro atoms. The molecular formula is C15H12BNO2. The Morgan fingerprint density at radius 1 is 0.895 bits per heavy atom. The Labute approximate surface area is 111 Å². The van der Waals surface area contributed by atoms with Crippen molar-refractivity contribution >= 4 is 23.4 Å². The van der Waals surface area contributed by atoms with Crippen LogP contribution in [-0.4, -0.2) is 17.1 Å². The summed E-state index contributed by atoms with van der Waals surface area (Å²) in [5.41, 5.74) is 0.740. The molecule has 0 saturated carbocycles. The van der Waals surface area contributed by atoms with E-state index in [1.165, 1.54) is 0 Å². The molecular weight excluding hydrogens is 237 g/mol. The van der Waals surface area contributed by atoms with Crippen LogP contribution in [0.15, 0.2) is 66.9 Å². The van der Waals surface area contributed by atoms with Gasteiger partial charge in [0.25, 0.3) is 0 Å². The first-order valence-corrected chi connectivity index (χ1v) is 6.08. The Balaban J connectivity index is 1.96. The predicted octanol–water partition coefficient (Wildman–Crippen LogP) is 2.00. The van der Waals surface area contributed by atoms with Gasteiger partial charge in [0.15, 0.2) is 5.88 Å². The standard InChI is InChI=1S/C15H12BNO2/c18-16(19-15-10-3-4-11-17-15)14-9-5-7-12-6-1-2-8-13(12)14/h1-11,18H. The van der Waals surface area contributed by atoms with Crippen LogP contribution in [0.1, 0.15) is 0 Å². The number of fused-ring (bicyclic) bond motifs is 1. The van der Waals surface area contributed by atoms with Crippen LogP contribution in [-0.2, 0) is 0 Å². The number of hydrogen-bond acceptors (Lipinski definition) is 3. The lowest BCUT2D eigenvalue weighted by molar-refractivity contribution is 0.423. The SMILES string of the molecule is OB(Oc1ccccn1)c1cccc2ccccc12. The number of pyridine rings is 1. The molecule has 0 bridgehead atoms. The maximum Gasteiger partial charge on any atom is 0.561 e. The van der Waals surface area contributed by atoms with Gasteiger partial charge in [-0.15, -0.1) is 0 Å². The fraction of sp³-hybridized carbons (Fsp3) is 0. The van der Waals surface area contributed by atoms with Crippen LogP contribution in [0.2, 0.25) is 0 Å². The molecule has 0 amide bonds. The quantitative estimate of drug-likeness (QED) is 0.722. The van der Waals surface area contributed by atoms with Gasteiger partial charge in [-0.3, -0.25) is 0 Å². The molecule has 1 aromatic heterocycles. The minimum absolute atomic E-state index is 0.405. The highest BCUT2D eigenvalue weighted by atomic mass is 16.5. The second-order valence-electron chi connectivity index (χ2n) is 4.21. The van der Waals surface area contributed by atoms with Gasteiger partial charge in [-0.25, -0.2) is 4.98 Å². The normalized spacial score (nSPS) is 10.4. The van der Waals surface area contributed by atoms with Crippen LogP contribution in [0.4, 0.5) is 0 Å². The molecule has 0 fully saturated rings.